The van der Waals surface area contributed by atoms with Gasteiger partial charge in [-0.15, -0.1) is 0 Å². The van der Waals surface area contributed by atoms with Crippen molar-refractivity contribution in [1.82, 2.24) is 0 Å². The molecule has 0 saturated heterocycles. The molecule has 0 aromatic heterocycles. The third-order valence-corrected chi connectivity index (χ3v) is 5.03. The van der Waals surface area contributed by atoms with Crippen LogP contribution in [0.2, 0.25) is 10.0 Å². The molecular weight excluding hydrogens is 447 g/mol. The normalized spacial score (nSPS) is 10.9. The van der Waals surface area contributed by atoms with Crippen LogP contribution >= 0.6 is 23.2 Å². The second kappa shape index (κ2) is 10.7. The Morgan fingerprint density at radius 2 is 1.88 bits per heavy atom. The standard InChI is InChI=1S/C25H20Cl2N2O3/c1-16-6-8-21(9-7-16)29-25(30)19(14-28)10-18-12-22(27)24(23(13-18)31-2)32-15-17-4-3-5-20(26)11-17/h3-13H,15H2,1-2H3,(H,29,30)/b19-10+. The molecule has 7 heteroatoms. The summed E-state index contributed by atoms with van der Waals surface area (Å²) in [4.78, 5) is 12.5. The predicted molar refractivity (Wildman–Crippen MR) is 127 cm³/mol. The predicted octanol–water partition coefficient (Wildman–Crippen LogP) is 6.44. The van der Waals surface area contributed by atoms with E-state index in [0.717, 1.165) is 11.1 Å². The first-order valence-electron chi connectivity index (χ1n) is 9.64. The van der Waals surface area contributed by atoms with E-state index < -0.39 is 5.91 Å². The van der Waals surface area contributed by atoms with Gasteiger partial charge in [0, 0.05) is 10.7 Å². The van der Waals surface area contributed by atoms with E-state index in [1.807, 2.05) is 37.3 Å². The third-order valence-electron chi connectivity index (χ3n) is 4.51. The van der Waals surface area contributed by atoms with Gasteiger partial charge in [-0.25, -0.2) is 0 Å². The molecule has 0 atom stereocenters. The molecule has 3 rings (SSSR count). The molecule has 0 fully saturated rings. The maximum absolute atomic E-state index is 12.5. The van der Waals surface area contributed by atoms with E-state index in [2.05, 4.69) is 5.32 Å². The van der Waals surface area contributed by atoms with Gasteiger partial charge in [-0.1, -0.05) is 53.0 Å². The Balaban J connectivity index is 1.81. The number of nitrogens with zero attached hydrogens (tertiary/aromatic N) is 1. The number of anilines is 1. The van der Waals surface area contributed by atoms with Crippen molar-refractivity contribution in [3.05, 3.63) is 93.0 Å². The van der Waals surface area contributed by atoms with Crippen LogP contribution in [-0.4, -0.2) is 13.0 Å². The first-order valence-corrected chi connectivity index (χ1v) is 10.4. The summed E-state index contributed by atoms with van der Waals surface area (Å²) < 4.78 is 11.3. The highest BCUT2D eigenvalue weighted by Crippen LogP contribution is 2.37. The zero-order valence-electron chi connectivity index (χ0n) is 17.5. The Bertz CT molecular complexity index is 1200. The average molecular weight is 467 g/mol. The second-order valence-electron chi connectivity index (χ2n) is 6.94. The lowest BCUT2D eigenvalue weighted by atomic mass is 10.1. The minimum absolute atomic E-state index is 0.0729. The summed E-state index contributed by atoms with van der Waals surface area (Å²) >= 11 is 12.4. The largest absolute Gasteiger partial charge is 0.493 e. The molecule has 0 aliphatic heterocycles. The number of hydrogen-bond acceptors (Lipinski definition) is 4. The van der Waals surface area contributed by atoms with E-state index >= 15 is 0 Å². The first-order chi connectivity index (χ1) is 15.4. The van der Waals surface area contributed by atoms with Crippen molar-refractivity contribution in [1.29, 1.82) is 5.26 Å². The molecule has 0 saturated carbocycles. The summed E-state index contributed by atoms with van der Waals surface area (Å²) in [5.41, 5.74) is 2.99. The number of ether oxygens (including phenoxy) is 2. The zero-order chi connectivity index (χ0) is 23.1. The van der Waals surface area contributed by atoms with E-state index in [1.165, 1.54) is 13.2 Å². The highest BCUT2D eigenvalue weighted by Gasteiger charge is 2.15. The Hall–Kier alpha value is -3.46. The van der Waals surface area contributed by atoms with Gasteiger partial charge in [-0.05, 0) is 60.5 Å². The van der Waals surface area contributed by atoms with Crippen molar-refractivity contribution >= 4 is 40.9 Å². The molecule has 162 valence electrons. The molecule has 0 aliphatic carbocycles. The molecule has 32 heavy (non-hydrogen) atoms. The molecule has 0 aliphatic rings. The monoisotopic (exact) mass is 466 g/mol. The number of hydrogen-bond donors (Lipinski definition) is 1. The fraction of sp³-hybridized carbons (Fsp3) is 0.120. The average Bonchev–Trinajstić information content (AvgIpc) is 2.77. The molecule has 3 aromatic rings. The zero-order valence-corrected chi connectivity index (χ0v) is 19.0. The summed E-state index contributed by atoms with van der Waals surface area (Å²) in [5, 5.41) is 13.1. The van der Waals surface area contributed by atoms with Crippen LogP contribution in [0.5, 0.6) is 11.5 Å². The fourth-order valence-electron chi connectivity index (χ4n) is 2.90. The van der Waals surface area contributed by atoms with E-state index in [0.29, 0.717) is 27.8 Å². The summed E-state index contributed by atoms with van der Waals surface area (Å²) in [5.74, 6) is 0.212. The quantitative estimate of drug-likeness (QED) is 0.321. The summed E-state index contributed by atoms with van der Waals surface area (Å²) in [6.45, 7) is 2.19. The van der Waals surface area contributed by atoms with Crippen LogP contribution in [0, 0.1) is 18.3 Å². The van der Waals surface area contributed by atoms with Gasteiger partial charge >= 0.3 is 0 Å². The van der Waals surface area contributed by atoms with Gasteiger partial charge in [0.05, 0.1) is 12.1 Å². The maximum Gasteiger partial charge on any atom is 0.266 e. The minimum atomic E-state index is -0.521. The van der Waals surface area contributed by atoms with E-state index in [-0.39, 0.29) is 17.2 Å². The van der Waals surface area contributed by atoms with Crippen LogP contribution in [0.1, 0.15) is 16.7 Å². The highest BCUT2D eigenvalue weighted by atomic mass is 35.5. The summed E-state index contributed by atoms with van der Waals surface area (Å²) in [6.07, 6.45) is 1.44. The van der Waals surface area contributed by atoms with Gasteiger partial charge in [-0.3, -0.25) is 4.79 Å². The van der Waals surface area contributed by atoms with Crippen molar-refractivity contribution in [2.75, 3.05) is 12.4 Å². The first kappa shape index (κ1) is 23.2. The Morgan fingerprint density at radius 1 is 1.12 bits per heavy atom. The molecule has 0 bridgehead atoms. The van der Waals surface area contributed by atoms with Crippen LogP contribution in [0.15, 0.2) is 66.2 Å². The van der Waals surface area contributed by atoms with Gasteiger partial charge < -0.3 is 14.8 Å². The van der Waals surface area contributed by atoms with Crippen LogP contribution in [-0.2, 0) is 11.4 Å². The number of benzene rings is 3. The van der Waals surface area contributed by atoms with Gasteiger partial charge in [0.15, 0.2) is 11.5 Å². The maximum atomic E-state index is 12.5. The molecule has 1 amide bonds. The van der Waals surface area contributed by atoms with Gasteiger partial charge in [0.2, 0.25) is 0 Å². The van der Waals surface area contributed by atoms with Gasteiger partial charge in [0.25, 0.3) is 5.91 Å². The lowest BCUT2D eigenvalue weighted by molar-refractivity contribution is -0.112. The summed E-state index contributed by atoms with van der Waals surface area (Å²) in [7, 11) is 1.49. The van der Waals surface area contributed by atoms with Crippen LogP contribution in [0.3, 0.4) is 0 Å². The van der Waals surface area contributed by atoms with Crippen LogP contribution < -0.4 is 14.8 Å². The number of aryl methyl sites for hydroxylation is 1. The minimum Gasteiger partial charge on any atom is -0.493 e. The van der Waals surface area contributed by atoms with E-state index in [4.69, 9.17) is 32.7 Å². The third kappa shape index (κ3) is 6.04. The smallest absolute Gasteiger partial charge is 0.266 e. The topological polar surface area (TPSA) is 71.3 Å². The molecule has 0 radical (unpaired) electrons. The van der Waals surface area contributed by atoms with Gasteiger partial charge in [0.1, 0.15) is 18.2 Å². The van der Waals surface area contributed by atoms with Crippen molar-refractivity contribution in [3.63, 3.8) is 0 Å². The molecule has 0 unspecified atom stereocenters. The van der Waals surface area contributed by atoms with E-state index in [1.54, 1.807) is 36.4 Å². The Kier molecular flexibility index (Phi) is 7.77. The van der Waals surface area contributed by atoms with Crippen molar-refractivity contribution in [2.45, 2.75) is 13.5 Å². The second-order valence-corrected chi connectivity index (χ2v) is 7.79. The molecule has 3 aromatic carbocycles. The molecule has 5 nitrogen and oxygen atoms in total. The number of amides is 1. The molecule has 0 heterocycles. The number of methoxy groups -OCH3 is 1. The van der Waals surface area contributed by atoms with Crippen molar-refractivity contribution in [2.24, 2.45) is 0 Å². The van der Waals surface area contributed by atoms with Crippen LogP contribution in [0.25, 0.3) is 6.08 Å². The van der Waals surface area contributed by atoms with Gasteiger partial charge in [-0.2, -0.15) is 5.26 Å². The van der Waals surface area contributed by atoms with Crippen molar-refractivity contribution < 1.29 is 14.3 Å². The number of nitrogens with one attached hydrogen (secondary N) is 1. The van der Waals surface area contributed by atoms with Crippen LogP contribution in [0.4, 0.5) is 5.69 Å². The lowest BCUT2D eigenvalue weighted by Gasteiger charge is -2.14. The Labute approximate surface area is 196 Å². The number of rotatable bonds is 7. The Morgan fingerprint density at radius 3 is 2.53 bits per heavy atom. The molecular formula is C25H20Cl2N2O3. The fourth-order valence-corrected chi connectivity index (χ4v) is 3.38. The number of halogens is 2. The molecule has 1 N–H and O–H groups in total. The number of carbonyl (C=O) groups is 1. The SMILES string of the molecule is COc1cc(/C=C(\C#N)C(=O)Nc2ccc(C)cc2)cc(Cl)c1OCc1cccc(Cl)c1. The number of carbonyl (C=O) groups excluding carboxylic acids is 1. The summed E-state index contributed by atoms with van der Waals surface area (Å²) in [6, 6.07) is 19.8. The number of nitriles is 1. The lowest BCUT2D eigenvalue weighted by Crippen LogP contribution is -2.13. The molecule has 0 spiro atoms. The van der Waals surface area contributed by atoms with Crippen molar-refractivity contribution in [3.8, 4) is 17.6 Å². The highest BCUT2D eigenvalue weighted by molar-refractivity contribution is 6.32. The van der Waals surface area contributed by atoms with E-state index in [9.17, 15) is 10.1 Å².